The van der Waals surface area contributed by atoms with Gasteiger partial charge in [-0.05, 0) is 43.6 Å². The number of aryl methyl sites for hydroxylation is 1. The summed E-state index contributed by atoms with van der Waals surface area (Å²) < 4.78 is 46.0. The molecule has 1 aromatic carbocycles. The van der Waals surface area contributed by atoms with E-state index in [-0.39, 0.29) is 24.0 Å². The zero-order chi connectivity index (χ0) is 34.2. The van der Waals surface area contributed by atoms with E-state index >= 15 is 0 Å². The van der Waals surface area contributed by atoms with Gasteiger partial charge in [-0.25, -0.2) is 23.2 Å². The number of hydrogen-bond donors (Lipinski definition) is 2. The fourth-order valence-electron chi connectivity index (χ4n) is 5.48. The van der Waals surface area contributed by atoms with E-state index in [1.165, 1.54) is 19.5 Å². The van der Waals surface area contributed by atoms with Crippen LogP contribution in [0, 0.1) is 18.3 Å². The molecule has 0 radical (unpaired) electrons. The Bertz CT molecular complexity index is 1940. The second-order valence-electron chi connectivity index (χ2n) is 14.2. The second kappa shape index (κ2) is 12.9. The Hall–Kier alpha value is -3.56. The number of hydrogen-bond acceptors (Lipinski definition) is 8. The Morgan fingerprint density at radius 2 is 1.83 bits per heavy atom. The zero-order valence-corrected chi connectivity index (χ0v) is 30.9. The fourth-order valence-corrected chi connectivity index (χ4v) is 10.7. The molecule has 0 aliphatic heterocycles. The number of nitrogens with zero attached hydrogens (tertiary/aromatic N) is 5. The molecule has 2 N–H and O–H groups in total. The van der Waals surface area contributed by atoms with Crippen molar-refractivity contribution in [3.63, 3.8) is 0 Å². The van der Waals surface area contributed by atoms with Crippen LogP contribution in [0.25, 0.3) is 21.9 Å². The lowest BCUT2D eigenvalue weighted by atomic mass is 9.87. The molecule has 15 heteroatoms. The average molecular weight is 685 g/mol. The molecule has 0 amide bonds. The van der Waals surface area contributed by atoms with E-state index in [4.69, 9.17) is 14.5 Å². The van der Waals surface area contributed by atoms with Crippen molar-refractivity contribution in [2.24, 2.45) is 0 Å². The van der Waals surface area contributed by atoms with Crippen LogP contribution < -0.4 is 9.46 Å². The zero-order valence-electron chi connectivity index (χ0n) is 28.1. The predicted octanol–water partition coefficient (Wildman–Crippen LogP) is 5.93. The summed E-state index contributed by atoms with van der Waals surface area (Å²) in [6, 6.07) is 8.40. The third kappa shape index (κ3) is 7.52. The van der Waals surface area contributed by atoms with Crippen molar-refractivity contribution in [1.29, 1.82) is 5.26 Å². The number of methoxy groups -OCH3 is 1. The van der Waals surface area contributed by atoms with Crippen molar-refractivity contribution in [3.05, 3.63) is 53.2 Å². The highest BCUT2D eigenvalue weighted by Gasteiger charge is 2.43. The third-order valence-electron chi connectivity index (χ3n) is 7.94. The van der Waals surface area contributed by atoms with Crippen LogP contribution in [0.4, 0.5) is 4.79 Å². The number of sulfonamides is 1. The first-order chi connectivity index (χ1) is 21.3. The molecule has 0 aliphatic rings. The lowest BCUT2D eigenvalue weighted by Crippen LogP contribution is -2.48. The lowest BCUT2D eigenvalue weighted by Gasteiger charge is -2.33. The van der Waals surface area contributed by atoms with Crippen LogP contribution in [-0.2, 0) is 27.0 Å². The van der Waals surface area contributed by atoms with Crippen LogP contribution in [-0.4, -0.2) is 74.3 Å². The summed E-state index contributed by atoms with van der Waals surface area (Å²) in [4.78, 5) is 21.4. The summed E-state index contributed by atoms with van der Waals surface area (Å²) in [5, 5.41) is 20.1. The van der Waals surface area contributed by atoms with Gasteiger partial charge in [0.2, 0.25) is 10.0 Å². The molecule has 12 nitrogen and oxygen atoms in total. The number of ether oxygens (including phenoxy) is 2. The van der Waals surface area contributed by atoms with E-state index in [0.29, 0.717) is 51.5 Å². The third-order valence-corrected chi connectivity index (χ3v) is 13.2. The van der Waals surface area contributed by atoms with Gasteiger partial charge in [-0.15, -0.1) is 0 Å². The maximum Gasteiger partial charge on any atom is 0.416 e. The summed E-state index contributed by atoms with van der Waals surface area (Å²) in [5.41, 5.74) is 1.01. The highest BCUT2D eigenvalue weighted by Crippen LogP contribution is 2.43. The van der Waals surface area contributed by atoms with E-state index in [1.807, 2.05) is 6.07 Å². The quantitative estimate of drug-likeness (QED) is 0.128. The highest BCUT2D eigenvalue weighted by molar-refractivity contribution is 7.89. The number of fused-ring (bicyclic) bond motifs is 2. The van der Waals surface area contributed by atoms with Crippen LogP contribution >= 0.6 is 0 Å². The molecule has 0 saturated heterocycles. The molecule has 248 valence electrons. The molecule has 1 unspecified atom stereocenters. The highest BCUT2D eigenvalue weighted by atomic mass is 32.2. The second-order valence-corrected chi connectivity index (χ2v) is 27.3. The summed E-state index contributed by atoms with van der Waals surface area (Å²) in [5.74, 6) is 0.548. The van der Waals surface area contributed by atoms with Crippen LogP contribution in [0.15, 0.2) is 30.6 Å². The van der Waals surface area contributed by atoms with Crippen LogP contribution in [0.3, 0.4) is 0 Å². The molecule has 3 heterocycles. The fraction of sp³-hybridized carbons (Fsp3) is 0.484. The number of nitriles is 1. The van der Waals surface area contributed by atoms with E-state index in [9.17, 15) is 23.6 Å². The largest absolute Gasteiger partial charge is 0.496 e. The SMILES string of the molecule is COc1cc(C)c2c(ccn2C(=O)O)c1C(C)(NS(=O)(=O)CC[Si](C)(C)C)c1nc2cc(C#N)ncc2n1COCC[Si](C)(C)C. The normalized spacial score (nSPS) is 14.0. The molecule has 0 bridgehead atoms. The molecular weight excluding hydrogens is 641 g/mol. The number of rotatable bonds is 13. The van der Waals surface area contributed by atoms with E-state index in [2.05, 4.69) is 49.0 Å². The van der Waals surface area contributed by atoms with Gasteiger partial charge in [0, 0.05) is 46.0 Å². The predicted molar refractivity (Wildman–Crippen MR) is 185 cm³/mol. The maximum absolute atomic E-state index is 14.0. The minimum Gasteiger partial charge on any atom is -0.496 e. The smallest absolute Gasteiger partial charge is 0.416 e. The molecule has 4 rings (SSSR count). The van der Waals surface area contributed by atoms with Crippen LogP contribution in [0.5, 0.6) is 5.75 Å². The molecule has 0 aliphatic carbocycles. The van der Waals surface area contributed by atoms with Gasteiger partial charge in [-0.1, -0.05) is 39.3 Å². The molecule has 1 atom stereocenters. The van der Waals surface area contributed by atoms with Crippen molar-refractivity contribution in [2.45, 2.75) is 77.5 Å². The minimum absolute atomic E-state index is 0.0452. The molecule has 0 fully saturated rings. The molecule has 3 aromatic heterocycles. The molecule has 0 spiro atoms. The van der Waals surface area contributed by atoms with Gasteiger partial charge in [-0.2, -0.15) is 9.98 Å². The van der Waals surface area contributed by atoms with Crippen LogP contribution in [0.2, 0.25) is 51.4 Å². The van der Waals surface area contributed by atoms with Crippen molar-refractivity contribution in [3.8, 4) is 11.8 Å². The summed E-state index contributed by atoms with van der Waals surface area (Å²) >= 11 is 0. The van der Waals surface area contributed by atoms with Gasteiger partial charge in [0.1, 0.15) is 35.6 Å². The van der Waals surface area contributed by atoms with Crippen molar-refractivity contribution in [1.82, 2.24) is 23.8 Å². The van der Waals surface area contributed by atoms with Gasteiger partial charge < -0.3 is 19.1 Å². The summed E-state index contributed by atoms with van der Waals surface area (Å²) in [6.07, 6.45) is 1.80. The van der Waals surface area contributed by atoms with E-state index in [0.717, 1.165) is 10.6 Å². The number of imidazole rings is 1. The number of aromatic nitrogens is 4. The molecule has 46 heavy (non-hydrogen) atoms. The number of carboxylic acid groups (broad SMARTS) is 1. The maximum atomic E-state index is 14.0. The first-order valence-electron chi connectivity index (χ1n) is 15.1. The van der Waals surface area contributed by atoms with Gasteiger partial charge in [0.05, 0.1) is 35.6 Å². The number of pyridine rings is 1. The van der Waals surface area contributed by atoms with Gasteiger partial charge >= 0.3 is 6.09 Å². The molecule has 4 aromatic rings. The van der Waals surface area contributed by atoms with Gasteiger partial charge in [-0.3, -0.25) is 4.57 Å². The first-order valence-corrected chi connectivity index (χ1v) is 24.2. The Morgan fingerprint density at radius 3 is 2.41 bits per heavy atom. The Kier molecular flexibility index (Phi) is 9.91. The molecular formula is C31H44N6O6SSi2. The van der Waals surface area contributed by atoms with Crippen molar-refractivity contribution in [2.75, 3.05) is 19.5 Å². The Labute approximate surface area is 272 Å². The van der Waals surface area contributed by atoms with Crippen LogP contribution in [0.1, 0.15) is 29.6 Å². The Morgan fingerprint density at radius 1 is 1.15 bits per heavy atom. The topological polar surface area (TPSA) is 161 Å². The van der Waals surface area contributed by atoms with Gasteiger partial charge in [0.25, 0.3) is 0 Å². The van der Waals surface area contributed by atoms with Crippen molar-refractivity contribution < 1.29 is 27.8 Å². The van der Waals surface area contributed by atoms with E-state index < -0.39 is 37.8 Å². The Balaban J connectivity index is 2.06. The number of benzene rings is 1. The standard InChI is InChI=1S/C31H44N6O6SSi2/c1-21-16-26(42-3)27(23-10-11-36(28(21)23)30(38)39)31(2,35-44(40,41)13-15-46(7,8)9)29-34-24-17-22(18-32)33-19-25(24)37(29)20-43-12-14-45(4,5)6/h10-11,16-17,19,35H,12-15,20H2,1-9H3,(H,38,39). The monoisotopic (exact) mass is 684 g/mol. The lowest BCUT2D eigenvalue weighted by molar-refractivity contribution is 0.0856. The van der Waals surface area contributed by atoms with Gasteiger partial charge in [0.15, 0.2) is 0 Å². The first kappa shape index (κ1) is 35.3. The average Bonchev–Trinajstić information content (AvgIpc) is 3.55. The summed E-state index contributed by atoms with van der Waals surface area (Å²) in [7, 11) is -5.62. The number of nitrogens with one attached hydrogen (secondary N) is 1. The minimum atomic E-state index is -3.94. The van der Waals surface area contributed by atoms with E-state index in [1.54, 1.807) is 36.6 Å². The van der Waals surface area contributed by atoms with Crippen molar-refractivity contribution >= 4 is 54.2 Å². The molecule has 0 saturated carbocycles. The summed E-state index contributed by atoms with van der Waals surface area (Å²) in [6.45, 7) is 17.1. The number of carbonyl (C=O) groups is 1.